The molecule has 28 heavy (non-hydrogen) atoms. The number of anilines is 1. The zero-order valence-electron chi connectivity index (χ0n) is 15.8. The first-order chi connectivity index (χ1) is 13.6. The van der Waals surface area contributed by atoms with Crippen LogP contribution in [0.1, 0.15) is 24.4 Å². The minimum absolute atomic E-state index is 0.778. The maximum absolute atomic E-state index is 6.19. The molecule has 1 aromatic heterocycles. The van der Waals surface area contributed by atoms with E-state index in [0.29, 0.717) is 0 Å². The number of hydrogen-bond acceptors (Lipinski definition) is 2. The molecule has 1 aliphatic heterocycles. The van der Waals surface area contributed by atoms with Crippen LogP contribution >= 0.6 is 38.9 Å². The number of aryl methyl sites for hydroxylation is 1. The van der Waals surface area contributed by atoms with Crippen LogP contribution in [0.5, 0.6) is 0 Å². The van der Waals surface area contributed by atoms with Crippen LogP contribution in [0.4, 0.5) is 5.69 Å². The Morgan fingerprint density at radius 3 is 2.82 bits per heavy atom. The fourth-order valence-corrected chi connectivity index (χ4v) is 5.14. The molecule has 0 bridgehead atoms. The molecule has 0 radical (unpaired) electrons. The first-order valence-corrected chi connectivity index (χ1v) is 11.3. The lowest BCUT2D eigenvalue weighted by Gasteiger charge is -2.26. The van der Waals surface area contributed by atoms with E-state index >= 15 is 0 Å². The van der Waals surface area contributed by atoms with Crippen molar-refractivity contribution in [1.82, 2.24) is 0 Å². The predicted molar refractivity (Wildman–Crippen MR) is 126 cm³/mol. The first kappa shape index (κ1) is 19.4. The van der Waals surface area contributed by atoms with Gasteiger partial charge in [0.05, 0.1) is 0 Å². The second-order valence-electron chi connectivity index (χ2n) is 6.54. The van der Waals surface area contributed by atoms with Crippen LogP contribution in [0, 0.1) is 0 Å². The van der Waals surface area contributed by atoms with Crippen molar-refractivity contribution < 1.29 is 4.57 Å². The summed E-state index contributed by atoms with van der Waals surface area (Å²) in [4.78, 5) is 2.27. The van der Waals surface area contributed by atoms with E-state index in [2.05, 4.69) is 94.0 Å². The van der Waals surface area contributed by atoms with Crippen molar-refractivity contribution in [1.29, 1.82) is 0 Å². The number of thiazole rings is 1. The molecule has 0 N–H and O–H groups in total. The van der Waals surface area contributed by atoms with E-state index < -0.39 is 0 Å². The van der Waals surface area contributed by atoms with Gasteiger partial charge in [0, 0.05) is 45.6 Å². The van der Waals surface area contributed by atoms with Gasteiger partial charge in [-0.3, -0.25) is 0 Å². The molecule has 0 fully saturated rings. The average Bonchev–Trinajstić information content (AvgIpc) is 3.04. The number of rotatable bonds is 4. The Labute approximate surface area is 183 Å². The summed E-state index contributed by atoms with van der Waals surface area (Å²) in [5.41, 5.74) is 4.90. The number of nitrogens with zero attached hydrogens (tertiary/aromatic N) is 2. The van der Waals surface area contributed by atoms with Gasteiger partial charge in [-0.05, 0) is 49.8 Å². The lowest BCUT2D eigenvalue weighted by atomic mass is 9.99. The van der Waals surface area contributed by atoms with Gasteiger partial charge in [-0.1, -0.05) is 57.1 Å². The van der Waals surface area contributed by atoms with E-state index in [1.807, 2.05) is 12.1 Å². The minimum Gasteiger partial charge on any atom is -0.348 e. The predicted octanol–water partition coefficient (Wildman–Crippen LogP) is 7.08. The summed E-state index contributed by atoms with van der Waals surface area (Å²) in [6, 6.07) is 12.6. The molecule has 2 aromatic carbocycles. The van der Waals surface area contributed by atoms with Crippen LogP contribution in [-0.2, 0) is 6.54 Å². The van der Waals surface area contributed by atoms with E-state index in [4.69, 9.17) is 11.6 Å². The molecular weight excluding hydrogens is 452 g/mol. The SMILES string of the molecule is CCN1C=C/C(=C\C=C\c2sc3ccc(Cl)cc3[n+]2CC)c2ccc(Br)cc21. The van der Waals surface area contributed by atoms with Crippen LogP contribution in [0.25, 0.3) is 21.9 Å². The molecule has 4 rings (SSSR count). The fourth-order valence-electron chi connectivity index (χ4n) is 3.51. The number of halogens is 2. The van der Waals surface area contributed by atoms with Gasteiger partial charge in [0.2, 0.25) is 5.52 Å². The molecule has 0 amide bonds. The van der Waals surface area contributed by atoms with Gasteiger partial charge in [-0.15, -0.1) is 0 Å². The third-order valence-electron chi connectivity index (χ3n) is 4.88. The monoisotopic (exact) mass is 471 g/mol. The average molecular weight is 473 g/mol. The summed E-state index contributed by atoms with van der Waals surface area (Å²) in [7, 11) is 0. The fraction of sp³-hybridized carbons (Fsp3) is 0.174. The Morgan fingerprint density at radius 2 is 2.04 bits per heavy atom. The molecule has 0 atom stereocenters. The Balaban J connectivity index is 1.70. The van der Waals surface area contributed by atoms with Crippen molar-refractivity contribution >= 4 is 66.4 Å². The largest absolute Gasteiger partial charge is 0.348 e. The summed E-state index contributed by atoms with van der Waals surface area (Å²) < 4.78 is 4.66. The number of aromatic nitrogens is 1. The second kappa shape index (κ2) is 8.24. The standard InChI is InChI=1S/C23H21BrClN2S/c1-3-26-13-12-16(19-10-8-17(24)14-20(19)26)6-5-7-23-27(4-2)21-15-18(25)9-11-22(21)28-23/h5-15H,3-4H2,1-2H3/q+1. The summed E-state index contributed by atoms with van der Waals surface area (Å²) in [5, 5.41) is 2.00. The van der Waals surface area contributed by atoms with Crippen molar-refractivity contribution in [2.75, 3.05) is 11.4 Å². The zero-order chi connectivity index (χ0) is 19.7. The van der Waals surface area contributed by atoms with Crippen LogP contribution in [-0.4, -0.2) is 6.54 Å². The maximum Gasteiger partial charge on any atom is 0.262 e. The third-order valence-corrected chi connectivity index (χ3v) is 6.74. The summed E-state index contributed by atoms with van der Waals surface area (Å²) >= 11 is 11.6. The topological polar surface area (TPSA) is 7.12 Å². The summed E-state index contributed by atoms with van der Waals surface area (Å²) in [5.74, 6) is 0. The van der Waals surface area contributed by atoms with Crippen LogP contribution in [0.3, 0.4) is 0 Å². The van der Waals surface area contributed by atoms with Crippen molar-refractivity contribution in [2.24, 2.45) is 0 Å². The van der Waals surface area contributed by atoms with Crippen molar-refractivity contribution in [3.05, 3.63) is 80.9 Å². The van der Waals surface area contributed by atoms with E-state index in [1.54, 1.807) is 11.3 Å². The third kappa shape index (κ3) is 3.69. The smallest absolute Gasteiger partial charge is 0.262 e. The van der Waals surface area contributed by atoms with Gasteiger partial charge in [0.25, 0.3) is 5.01 Å². The van der Waals surface area contributed by atoms with Gasteiger partial charge in [-0.25, -0.2) is 0 Å². The molecule has 142 valence electrons. The van der Waals surface area contributed by atoms with E-state index in [9.17, 15) is 0 Å². The highest BCUT2D eigenvalue weighted by Gasteiger charge is 2.18. The molecule has 0 saturated heterocycles. The quantitative estimate of drug-likeness (QED) is 0.368. The van der Waals surface area contributed by atoms with Gasteiger partial charge < -0.3 is 4.90 Å². The molecule has 0 aliphatic carbocycles. The highest BCUT2D eigenvalue weighted by molar-refractivity contribution is 9.10. The Morgan fingerprint density at radius 1 is 1.18 bits per heavy atom. The Kier molecular flexibility index (Phi) is 5.72. The second-order valence-corrected chi connectivity index (χ2v) is 8.96. The molecule has 2 nitrogen and oxygen atoms in total. The molecule has 2 heterocycles. The summed E-state index contributed by atoms with van der Waals surface area (Å²) in [6.45, 7) is 6.20. The molecule has 0 unspecified atom stereocenters. The molecule has 0 saturated carbocycles. The van der Waals surface area contributed by atoms with Crippen LogP contribution in [0.15, 0.2) is 65.3 Å². The van der Waals surface area contributed by atoms with E-state index in [0.717, 1.165) is 22.6 Å². The van der Waals surface area contributed by atoms with Crippen molar-refractivity contribution in [3.8, 4) is 0 Å². The maximum atomic E-state index is 6.19. The van der Waals surface area contributed by atoms with Gasteiger partial charge >= 0.3 is 0 Å². The molecule has 5 heteroatoms. The molecule has 0 spiro atoms. The highest BCUT2D eigenvalue weighted by Crippen LogP contribution is 2.35. The van der Waals surface area contributed by atoms with Crippen LogP contribution in [0.2, 0.25) is 5.02 Å². The van der Waals surface area contributed by atoms with Gasteiger partial charge in [-0.2, -0.15) is 4.57 Å². The Hall–Kier alpha value is -1.88. The number of hydrogen-bond donors (Lipinski definition) is 0. The minimum atomic E-state index is 0.778. The van der Waals surface area contributed by atoms with Gasteiger partial charge in [0.1, 0.15) is 11.2 Å². The number of benzene rings is 2. The number of fused-ring (bicyclic) bond motifs is 2. The van der Waals surface area contributed by atoms with Crippen molar-refractivity contribution in [2.45, 2.75) is 20.4 Å². The number of allylic oxidation sites excluding steroid dienone is 4. The molecular formula is C23H21BrClN2S+. The Bertz CT molecular complexity index is 1130. The van der Waals surface area contributed by atoms with E-state index in [1.165, 1.54) is 32.0 Å². The molecule has 3 aromatic rings. The van der Waals surface area contributed by atoms with E-state index in [-0.39, 0.29) is 0 Å². The highest BCUT2D eigenvalue weighted by atomic mass is 79.9. The first-order valence-electron chi connectivity index (χ1n) is 9.35. The molecule has 1 aliphatic rings. The van der Waals surface area contributed by atoms with Gasteiger partial charge in [0.15, 0.2) is 0 Å². The lowest BCUT2D eigenvalue weighted by Crippen LogP contribution is -2.33. The van der Waals surface area contributed by atoms with Crippen LogP contribution < -0.4 is 9.47 Å². The van der Waals surface area contributed by atoms with Crippen molar-refractivity contribution in [3.63, 3.8) is 0 Å². The lowest BCUT2D eigenvalue weighted by molar-refractivity contribution is -0.665. The normalized spacial score (nSPS) is 15.1. The zero-order valence-corrected chi connectivity index (χ0v) is 19.0. The summed E-state index contributed by atoms with van der Waals surface area (Å²) in [6.07, 6.45) is 10.9.